The highest BCUT2D eigenvalue weighted by Gasteiger charge is 2.47. The number of hydrogen-bond acceptors (Lipinski definition) is 6. The molecule has 0 aliphatic heterocycles. The first-order valence-corrected chi connectivity index (χ1v) is 14.6. The van der Waals surface area contributed by atoms with Gasteiger partial charge in [0.2, 0.25) is 10.0 Å². The van der Waals surface area contributed by atoms with E-state index in [4.69, 9.17) is 14.2 Å². The van der Waals surface area contributed by atoms with Crippen molar-refractivity contribution in [3.05, 3.63) is 65.7 Å². The van der Waals surface area contributed by atoms with E-state index in [1.54, 1.807) is 0 Å². The number of carbonyl (C=O) groups is 1. The highest BCUT2D eigenvalue weighted by molar-refractivity contribution is 7.88. The molecule has 0 aromatic heterocycles. The number of nitrogens with one attached hydrogen (secondary N) is 1. The van der Waals surface area contributed by atoms with Gasteiger partial charge in [-0.1, -0.05) is 48.5 Å². The number of sulfonamides is 1. The number of rotatable bonds is 10. The maximum Gasteiger partial charge on any atom is 0.314 e. The minimum atomic E-state index is -3.33. The van der Waals surface area contributed by atoms with E-state index in [2.05, 4.69) is 29.0 Å². The Morgan fingerprint density at radius 1 is 1.00 bits per heavy atom. The van der Waals surface area contributed by atoms with E-state index in [9.17, 15) is 13.2 Å². The second kappa shape index (κ2) is 11.8. The predicted molar refractivity (Wildman–Crippen MR) is 138 cm³/mol. The summed E-state index contributed by atoms with van der Waals surface area (Å²) in [5.74, 6) is 1.02. The molecule has 2 atom stereocenters. The average molecular weight is 516 g/mol. The Labute approximate surface area is 214 Å². The lowest BCUT2D eigenvalue weighted by Crippen LogP contribution is -2.39. The van der Waals surface area contributed by atoms with Gasteiger partial charge in [-0.15, -0.1) is 0 Å². The third-order valence-electron chi connectivity index (χ3n) is 7.47. The first-order chi connectivity index (χ1) is 17.3. The minimum Gasteiger partial charge on any atom is -0.489 e. The van der Waals surface area contributed by atoms with Crippen LogP contribution in [0.2, 0.25) is 0 Å². The second-order valence-corrected chi connectivity index (χ2v) is 12.0. The fourth-order valence-electron chi connectivity index (χ4n) is 5.62. The zero-order valence-corrected chi connectivity index (χ0v) is 22.0. The summed E-state index contributed by atoms with van der Waals surface area (Å²) >= 11 is 0. The van der Waals surface area contributed by atoms with Crippen LogP contribution in [0.4, 0.5) is 0 Å². The van der Waals surface area contributed by atoms with Gasteiger partial charge in [-0.25, -0.2) is 13.1 Å². The summed E-state index contributed by atoms with van der Waals surface area (Å²) < 4.78 is 43.5. The van der Waals surface area contributed by atoms with Crippen LogP contribution in [-0.2, 0) is 30.9 Å². The number of esters is 1. The molecule has 4 rings (SSSR count). The highest BCUT2D eigenvalue weighted by Crippen LogP contribution is 2.42. The van der Waals surface area contributed by atoms with Crippen molar-refractivity contribution in [1.82, 2.24) is 4.72 Å². The smallest absolute Gasteiger partial charge is 0.314 e. The summed E-state index contributed by atoms with van der Waals surface area (Å²) in [6, 6.07) is 18.2. The molecule has 7 nitrogen and oxygen atoms in total. The zero-order valence-electron chi connectivity index (χ0n) is 21.1. The maximum atomic E-state index is 12.7. The number of para-hydroxylation sites is 1. The summed E-state index contributed by atoms with van der Waals surface area (Å²) in [4.78, 5) is 12.7. The fraction of sp³-hybridized carbons (Fsp3) is 0.536. The van der Waals surface area contributed by atoms with Gasteiger partial charge in [-0.3, -0.25) is 4.79 Å². The Balaban J connectivity index is 1.32. The van der Waals surface area contributed by atoms with Gasteiger partial charge in [-0.05, 0) is 68.1 Å². The minimum absolute atomic E-state index is 0.0714. The van der Waals surface area contributed by atoms with Gasteiger partial charge < -0.3 is 14.2 Å². The quantitative estimate of drug-likeness (QED) is 0.466. The molecular formula is C28H37NO6S. The summed E-state index contributed by atoms with van der Waals surface area (Å²) in [7, 11) is -1.96. The first-order valence-electron chi connectivity index (χ1n) is 12.7. The summed E-state index contributed by atoms with van der Waals surface area (Å²) in [5.41, 5.74) is 1.58. The average Bonchev–Trinajstić information content (AvgIpc) is 3.29. The van der Waals surface area contributed by atoms with E-state index < -0.39 is 15.4 Å². The van der Waals surface area contributed by atoms with Gasteiger partial charge in [0, 0.05) is 6.04 Å². The molecule has 0 saturated heterocycles. The lowest BCUT2D eigenvalue weighted by atomic mass is 9.82. The Morgan fingerprint density at radius 3 is 2.39 bits per heavy atom. The number of carbonyl (C=O) groups excluding carboxylic acids is 1. The van der Waals surface area contributed by atoms with E-state index in [1.807, 2.05) is 30.3 Å². The van der Waals surface area contributed by atoms with Crippen LogP contribution in [-0.4, -0.2) is 46.5 Å². The fourth-order valence-corrected chi connectivity index (χ4v) is 6.43. The molecule has 0 radical (unpaired) electrons. The largest absolute Gasteiger partial charge is 0.489 e. The molecule has 1 N–H and O–H groups in total. The number of hydrogen-bond donors (Lipinski definition) is 1. The van der Waals surface area contributed by atoms with E-state index in [-0.39, 0.29) is 24.7 Å². The first kappa shape index (κ1) is 26.6. The number of ether oxygens (including phenoxy) is 3. The van der Waals surface area contributed by atoms with Crippen LogP contribution < -0.4 is 9.46 Å². The normalized spacial score (nSPS) is 26.4. The molecular weight excluding hydrogens is 478 g/mol. The van der Waals surface area contributed by atoms with Crippen LogP contribution in [0.25, 0.3) is 0 Å². The molecule has 2 fully saturated rings. The van der Waals surface area contributed by atoms with Gasteiger partial charge >= 0.3 is 5.97 Å². The van der Waals surface area contributed by atoms with Crippen LogP contribution in [0.1, 0.15) is 62.0 Å². The lowest BCUT2D eigenvalue weighted by Gasteiger charge is -2.33. The number of methoxy groups -OCH3 is 1. The zero-order chi connectivity index (χ0) is 25.6. The van der Waals surface area contributed by atoms with Crippen molar-refractivity contribution in [2.45, 2.75) is 69.6 Å². The van der Waals surface area contributed by atoms with E-state index in [0.717, 1.165) is 43.3 Å². The molecule has 2 aliphatic rings. The summed E-state index contributed by atoms with van der Waals surface area (Å²) in [6.45, 7) is 0.800. The maximum absolute atomic E-state index is 12.7. The molecule has 0 spiro atoms. The van der Waals surface area contributed by atoms with Crippen LogP contribution in [0.5, 0.6) is 5.75 Å². The molecule has 2 aromatic carbocycles. The molecule has 2 saturated carbocycles. The Kier molecular flexibility index (Phi) is 8.70. The Bertz CT molecular complexity index is 1110. The van der Waals surface area contributed by atoms with Crippen molar-refractivity contribution in [1.29, 1.82) is 0 Å². The van der Waals surface area contributed by atoms with Crippen LogP contribution >= 0.6 is 0 Å². The van der Waals surface area contributed by atoms with E-state index >= 15 is 0 Å². The van der Waals surface area contributed by atoms with Crippen LogP contribution in [0.15, 0.2) is 54.6 Å². The molecule has 0 heterocycles. The third kappa shape index (κ3) is 6.87. The van der Waals surface area contributed by atoms with E-state index in [0.29, 0.717) is 31.8 Å². The monoisotopic (exact) mass is 515 g/mol. The number of benzene rings is 2. The van der Waals surface area contributed by atoms with Crippen LogP contribution in [0.3, 0.4) is 0 Å². The van der Waals surface area contributed by atoms with Crippen molar-refractivity contribution >= 4 is 16.0 Å². The standard InChI is InChI=1S/C28H37NO6S/c1-33-27(30)28(17-16-23(18-28)29-36(2,31)32)20-35-24-14-12-22(13-15-24)25-10-6-7-11-26(25)34-19-21-8-4-3-5-9-21/h3-11,22-24,29H,12-20H2,1-2H3/t22?,23-,24?,28-/m0/s1. The van der Waals surface area contributed by atoms with Crippen molar-refractivity contribution in [2.24, 2.45) is 5.41 Å². The van der Waals surface area contributed by atoms with Crippen molar-refractivity contribution < 1.29 is 27.4 Å². The molecule has 2 aliphatic carbocycles. The molecule has 0 amide bonds. The van der Waals surface area contributed by atoms with Gasteiger partial charge in [0.25, 0.3) is 0 Å². The molecule has 196 valence electrons. The molecule has 0 unspecified atom stereocenters. The SMILES string of the molecule is COC(=O)[C@@]1(COC2CCC(c3ccccc3OCc3ccccc3)CC2)CC[C@H](NS(C)(=O)=O)C1. The third-order valence-corrected chi connectivity index (χ3v) is 8.23. The second-order valence-electron chi connectivity index (χ2n) is 10.2. The predicted octanol–water partition coefficient (Wildman–Crippen LogP) is 4.57. The Hall–Kier alpha value is -2.42. The lowest BCUT2D eigenvalue weighted by molar-refractivity contribution is -0.158. The molecule has 0 bridgehead atoms. The summed E-state index contributed by atoms with van der Waals surface area (Å²) in [6.07, 6.45) is 6.53. The van der Waals surface area contributed by atoms with Crippen molar-refractivity contribution in [3.63, 3.8) is 0 Å². The van der Waals surface area contributed by atoms with Crippen LogP contribution in [0, 0.1) is 5.41 Å². The molecule has 8 heteroatoms. The summed E-state index contributed by atoms with van der Waals surface area (Å²) in [5, 5.41) is 0. The van der Waals surface area contributed by atoms with E-state index in [1.165, 1.54) is 12.7 Å². The molecule has 2 aromatic rings. The van der Waals surface area contributed by atoms with Gasteiger partial charge in [0.15, 0.2) is 0 Å². The van der Waals surface area contributed by atoms with Crippen molar-refractivity contribution in [2.75, 3.05) is 20.0 Å². The Morgan fingerprint density at radius 2 is 1.69 bits per heavy atom. The highest BCUT2D eigenvalue weighted by atomic mass is 32.2. The van der Waals surface area contributed by atoms with Gasteiger partial charge in [0.05, 0.1) is 31.5 Å². The molecule has 36 heavy (non-hydrogen) atoms. The van der Waals surface area contributed by atoms with Gasteiger partial charge in [-0.2, -0.15) is 0 Å². The van der Waals surface area contributed by atoms with Crippen molar-refractivity contribution in [3.8, 4) is 5.75 Å². The topological polar surface area (TPSA) is 90.9 Å². The van der Waals surface area contributed by atoms with Gasteiger partial charge in [0.1, 0.15) is 12.4 Å².